The minimum Gasteiger partial charge on any atom is -0.449 e. The number of thiazole rings is 1. The molecule has 112 valence electrons. The highest BCUT2D eigenvalue weighted by molar-refractivity contribution is 7.16. The van der Waals surface area contributed by atoms with Crippen molar-refractivity contribution in [2.24, 2.45) is 0 Å². The van der Waals surface area contributed by atoms with Gasteiger partial charge in [-0.3, -0.25) is 10.1 Å². The van der Waals surface area contributed by atoms with Gasteiger partial charge in [-0.1, -0.05) is 23.7 Å². The lowest BCUT2D eigenvalue weighted by Gasteiger charge is -1.99. The van der Waals surface area contributed by atoms with Crippen molar-refractivity contribution in [1.82, 2.24) is 4.98 Å². The van der Waals surface area contributed by atoms with E-state index in [1.54, 1.807) is 17.4 Å². The molecule has 0 saturated heterocycles. The summed E-state index contributed by atoms with van der Waals surface area (Å²) in [6, 6.07) is 5.49. The van der Waals surface area contributed by atoms with E-state index in [-0.39, 0.29) is 5.91 Å². The van der Waals surface area contributed by atoms with Crippen molar-refractivity contribution in [2.45, 2.75) is 26.2 Å². The van der Waals surface area contributed by atoms with E-state index in [0.717, 1.165) is 35.9 Å². The predicted molar refractivity (Wildman–Crippen MR) is 88.1 cm³/mol. The number of hydrogen-bond donors (Lipinski definition) is 1. The third-order valence-corrected chi connectivity index (χ3v) is 5.31. The summed E-state index contributed by atoms with van der Waals surface area (Å²) in [5.41, 5.74) is 2.46. The summed E-state index contributed by atoms with van der Waals surface area (Å²) >= 11 is 7.67. The lowest BCUT2D eigenvalue weighted by atomic mass is 10.1. The zero-order valence-corrected chi connectivity index (χ0v) is 13.5. The molecule has 2 aromatic heterocycles. The van der Waals surface area contributed by atoms with Crippen molar-refractivity contribution in [2.75, 3.05) is 5.32 Å². The molecule has 1 aliphatic carbocycles. The number of nitrogens with zero attached hydrogens (tertiary/aromatic N) is 1. The van der Waals surface area contributed by atoms with Gasteiger partial charge < -0.3 is 4.42 Å². The van der Waals surface area contributed by atoms with Gasteiger partial charge in [0.1, 0.15) is 0 Å². The zero-order chi connectivity index (χ0) is 15.3. The van der Waals surface area contributed by atoms with Crippen LogP contribution in [0.3, 0.4) is 0 Å². The fraction of sp³-hybridized carbons (Fsp3) is 0.250. The number of carbonyl (C=O) groups is 1. The first-order valence-corrected chi connectivity index (χ1v) is 8.30. The number of nitrogens with one attached hydrogen (secondary N) is 1. The van der Waals surface area contributed by atoms with Crippen molar-refractivity contribution < 1.29 is 9.21 Å². The summed E-state index contributed by atoms with van der Waals surface area (Å²) in [7, 11) is 0. The molecular formula is C16H13ClN2O2S. The molecule has 0 bridgehead atoms. The highest BCUT2D eigenvalue weighted by atomic mass is 35.5. The van der Waals surface area contributed by atoms with Crippen LogP contribution in [0.15, 0.2) is 22.6 Å². The number of carbonyl (C=O) groups excluding carboxylic acids is 1. The van der Waals surface area contributed by atoms with Crippen LogP contribution in [0, 0.1) is 6.92 Å². The van der Waals surface area contributed by atoms with Gasteiger partial charge in [-0.15, -0.1) is 11.3 Å². The maximum Gasteiger partial charge on any atom is 0.293 e. The second kappa shape index (κ2) is 5.11. The summed E-state index contributed by atoms with van der Waals surface area (Å²) in [5, 5.41) is 4.85. The number of anilines is 1. The predicted octanol–water partition coefficient (Wildman–Crippen LogP) is 4.59. The molecule has 4 rings (SSSR count). The van der Waals surface area contributed by atoms with E-state index in [1.807, 2.05) is 19.1 Å². The quantitative estimate of drug-likeness (QED) is 0.746. The van der Waals surface area contributed by atoms with E-state index in [2.05, 4.69) is 10.3 Å². The number of amides is 1. The van der Waals surface area contributed by atoms with Crippen LogP contribution in [0.2, 0.25) is 5.02 Å². The van der Waals surface area contributed by atoms with Gasteiger partial charge in [0, 0.05) is 15.8 Å². The SMILES string of the molecule is Cc1c(C(=O)Nc2nc3c(s2)CCC3)oc2c(Cl)cccc12. The summed E-state index contributed by atoms with van der Waals surface area (Å²) in [6.45, 7) is 1.86. The van der Waals surface area contributed by atoms with E-state index >= 15 is 0 Å². The molecule has 0 unspecified atom stereocenters. The fourth-order valence-corrected chi connectivity index (χ4v) is 4.08. The van der Waals surface area contributed by atoms with Gasteiger partial charge in [0.15, 0.2) is 16.5 Å². The van der Waals surface area contributed by atoms with Crippen molar-refractivity contribution in [3.63, 3.8) is 0 Å². The van der Waals surface area contributed by atoms with Gasteiger partial charge in [-0.2, -0.15) is 0 Å². The second-order valence-electron chi connectivity index (χ2n) is 5.37. The number of aryl methyl sites for hydroxylation is 3. The topological polar surface area (TPSA) is 55.1 Å². The van der Waals surface area contributed by atoms with E-state index < -0.39 is 0 Å². The molecule has 2 heterocycles. The van der Waals surface area contributed by atoms with Crippen LogP contribution in [0.5, 0.6) is 0 Å². The van der Waals surface area contributed by atoms with Gasteiger partial charge in [0.25, 0.3) is 5.91 Å². The largest absolute Gasteiger partial charge is 0.449 e. The van der Waals surface area contributed by atoms with E-state index in [1.165, 1.54) is 4.88 Å². The van der Waals surface area contributed by atoms with Crippen LogP contribution in [0.25, 0.3) is 11.0 Å². The Morgan fingerprint density at radius 3 is 3.05 bits per heavy atom. The Morgan fingerprint density at radius 2 is 2.27 bits per heavy atom. The maximum atomic E-state index is 12.5. The number of furan rings is 1. The minimum atomic E-state index is -0.280. The minimum absolute atomic E-state index is 0.280. The average Bonchev–Trinajstić information content (AvgIpc) is 3.13. The number of para-hydroxylation sites is 1. The maximum absolute atomic E-state index is 12.5. The Kier molecular flexibility index (Phi) is 3.20. The normalized spacial score (nSPS) is 13.5. The highest BCUT2D eigenvalue weighted by Crippen LogP contribution is 2.33. The molecule has 0 saturated carbocycles. The summed E-state index contributed by atoms with van der Waals surface area (Å²) in [4.78, 5) is 18.2. The van der Waals surface area contributed by atoms with E-state index in [9.17, 15) is 4.79 Å². The number of benzene rings is 1. The van der Waals surface area contributed by atoms with Crippen LogP contribution in [0.1, 0.15) is 33.1 Å². The molecule has 1 aromatic carbocycles. The first-order valence-electron chi connectivity index (χ1n) is 7.11. The Bertz CT molecular complexity index is 876. The van der Waals surface area contributed by atoms with Crippen LogP contribution in [-0.4, -0.2) is 10.9 Å². The number of halogens is 1. The molecule has 0 aliphatic heterocycles. The van der Waals surface area contributed by atoms with Crippen molar-refractivity contribution >= 4 is 44.9 Å². The lowest BCUT2D eigenvalue weighted by molar-refractivity contribution is 0.0998. The Labute approximate surface area is 136 Å². The van der Waals surface area contributed by atoms with E-state index in [4.69, 9.17) is 16.0 Å². The van der Waals surface area contributed by atoms with Gasteiger partial charge in [0.2, 0.25) is 0 Å². The highest BCUT2D eigenvalue weighted by Gasteiger charge is 2.22. The summed E-state index contributed by atoms with van der Waals surface area (Å²) in [5.74, 6) is 0.00986. The monoisotopic (exact) mass is 332 g/mol. The van der Waals surface area contributed by atoms with Crippen LogP contribution >= 0.6 is 22.9 Å². The average molecular weight is 333 g/mol. The number of fused-ring (bicyclic) bond motifs is 2. The molecule has 0 spiro atoms. The Balaban J connectivity index is 1.67. The van der Waals surface area contributed by atoms with Crippen molar-refractivity contribution in [3.8, 4) is 0 Å². The van der Waals surface area contributed by atoms with Crippen molar-refractivity contribution in [3.05, 3.63) is 45.1 Å². The standard InChI is InChI=1S/C16H13ClN2O2S/c1-8-9-4-2-5-10(17)14(9)21-13(8)15(20)19-16-18-11-6-3-7-12(11)22-16/h2,4-5H,3,6-7H2,1H3,(H,18,19,20). The molecule has 3 aromatic rings. The second-order valence-corrected chi connectivity index (χ2v) is 6.86. The van der Waals surface area contributed by atoms with E-state index in [0.29, 0.717) is 21.5 Å². The zero-order valence-electron chi connectivity index (χ0n) is 11.9. The smallest absolute Gasteiger partial charge is 0.293 e. The number of aromatic nitrogens is 1. The van der Waals surface area contributed by atoms with Gasteiger partial charge in [0.05, 0.1) is 10.7 Å². The molecule has 0 fully saturated rings. The summed E-state index contributed by atoms with van der Waals surface area (Å²) in [6.07, 6.45) is 3.21. The summed E-state index contributed by atoms with van der Waals surface area (Å²) < 4.78 is 5.67. The molecule has 1 amide bonds. The first kappa shape index (κ1) is 13.8. The Hall–Kier alpha value is -1.85. The number of rotatable bonds is 2. The van der Waals surface area contributed by atoms with Gasteiger partial charge in [-0.05, 0) is 32.3 Å². The third-order valence-electron chi connectivity index (χ3n) is 3.94. The molecule has 1 aliphatic rings. The molecule has 22 heavy (non-hydrogen) atoms. The fourth-order valence-electron chi connectivity index (χ4n) is 2.82. The molecule has 1 N–H and O–H groups in total. The molecule has 4 nitrogen and oxygen atoms in total. The number of hydrogen-bond acceptors (Lipinski definition) is 4. The van der Waals surface area contributed by atoms with Gasteiger partial charge >= 0.3 is 0 Å². The molecule has 6 heteroatoms. The lowest BCUT2D eigenvalue weighted by Crippen LogP contribution is -2.12. The van der Waals surface area contributed by atoms with Crippen LogP contribution in [-0.2, 0) is 12.8 Å². The van der Waals surface area contributed by atoms with Gasteiger partial charge in [-0.25, -0.2) is 4.98 Å². The molecular weight excluding hydrogens is 320 g/mol. The first-order chi connectivity index (χ1) is 10.6. The third kappa shape index (κ3) is 2.12. The molecule has 0 atom stereocenters. The van der Waals surface area contributed by atoms with Crippen molar-refractivity contribution in [1.29, 1.82) is 0 Å². The Morgan fingerprint density at radius 1 is 1.41 bits per heavy atom. The molecule has 0 radical (unpaired) electrons. The van der Waals surface area contributed by atoms with Crippen LogP contribution < -0.4 is 5.32 Å². The van der Waals surface area contributed by atoms with Crippen LogP contribution in [0.4, 0.5) is 5.13 Å².